The van der Waals surface area contributed by atoms with Gasteiger partial charge in [-0.15, -0.1) is 0 Å². The van der Waals surface area contributed by atoms with E-state index < -0.39 is 0 Å². The van der Waals surface area contributed by atoms with E-state index in [-0.39, 0.29) is 11.9 Å². The van der Waals surface area contributed by atoms with Gasteiger partial charge in [0.05, 0.1) is 6.04 Å². The minimum absolute atomic E-state index is 0.0605. The van der Waals surface area contributed by atoms with Gasteiger partial charge in [-0.2, -0.15) is 0 Å². The zero-order chi connectivity index (χ0) is 18.2. The average molecular weight is 365 g/mol. The van der Waals surface area contributed by atoms with Crippen molar-refractivity contribution in [1.82, 2.24) is 10.3 Å². The number of hydrogen-bond acceptors (Lipinski definition) is 5. The minimum Gasteiger partial charge on any atom is -0.490 e. The third kappa shape index (κ3) is 5.07. The van der Waals surface area contributed by atoms with Crippen LogP contribution in [0.3, 0.4) is 0 Å². The van der Waals surface area contributed by atoms with Crippen LogP contribution in [0.4, 0.5) is 0 Å². The average Bonchev–Trinajstić information content (AvgIpc) is 3.14. The Labute approximate surface area is 156 Å². The molecule has 1 aliphatic heterocycles. The topological polar surface area (TPSA) is 63.6 Å². The number of pyridine rings is 1. The number of carbonyl (C=O) groups is 1. The van der Waals surface area contributed by atoms with Crippen LogP contribution < -0.4 is 10.1 Å². The zero-order valence-electron chi connectivity index (χ0n) is 14.2. The van der Waals surface area contributed by atoms with Crippen LogP contribution in [-0.2, 0) is 4.79 Å². The van der Waals surface area contributed by atoms with Gasteiger partial charge < -0.3 is 10.1 Å². The second kappa shape index (κ2) is 9.01. The number of nitrogens with one attached hydrogen (secondary N) is 1. The van der Waals surface area contributed by atoms with Gasteiger partial charge in [0.1, 0.15) is 12.4 Å². The first kappa shape index (κ1) is 17.9. The molecule has 0 saturated heterocycles. The van der Waals surface area contributed by atoms with Crippen molar-refractivity contribution in [2.45, 2.75) is 6.04 Å². The maximum absolute atomic E-state index is 12.1. The van der Waals surface area contributed by atoms with E-state index in [4.69, 9.17) is 4.74 Å². The van der Waals surface area contributed by atoms with Gasteiger partial charge in [0.25, 0.3) is 0 Å². The predicted molar refractivity (Wildman–Crippen MR) is 106 cm³/mol. The molecule has 2 heterocycles. The fourth-order valence-electron chi connectivity index (χ4n) is 2.35. The highest BCUT2D eigenvalue weighted by molar-refractivity contribution is 8.14. The minimum atomic E-state index is -0.196. The van der Waals surface area contributed by atoms with Crippen molar-refractivity contribution in [1.29, 1.82) is 0 Å². The van der Waals surface area contributed by atoms with Crippen molar-refractivity contribution in [3.8, 4) is 5.75 Å². The summed E-state index contributed by atoms with van der Waals surface area (Å²) in [5.41, 5.74) is 2.02. The maximum Gasteiger partial charge on any atom is 0.249 e. The Hall–Kier alpha value is -2.86. The Kier molecular flexibility index (Phi) is 6.22. The molecule has 1 unspecified atom stereocenters. The number of hydrogen-bond donors (Lipinski definition) is 1. The molecule has 0 saturated carbocycles. The number of rotatable bonds is 6. The van der Waals surface area contributed by atoms with Crippen LogP contribution in [0.1, 0.15) is 17.2 Å². The van der Waals surface area contributed by atoms with Gasteiger partial charge >= 0.3 is 0 Å². The fraction of sp³-hybridized carbons (Fsp3) is 0.150. The second-order valence-electron chi connectivity index (χ2n) is 5.53. The van der Waals surface area contributed by atoms with Crippen molar-refractivity contribution in [3.05, 3.63) is 78.6 Å². The normalized spacial score (nSPS) is 16.3. The van der Waals surface area contributed by atoms with E-state index in [1.165, 1.54) is 6.08 Å². The number of carbonyl (C=O) groups excluding carboxylic acids is 1. The van der Waals surface area contributed by atoms with Crippen molar-refractivity contribution in [3.63, 3.8) is 0 Å². The van der Waals surface area contributed by atoms with Gasteiger partial charge in [0.15, 0.2) is 5.17 Å². The molecule has 1 N–H and O–H groups in total. The molecule has 5 nitrogen and oxygen atoms in total. The van der Waals surface area contributed by atoms with Gasteiger partial charge in [0.2, 0.25) is 5.91 Å². The summed E-state index contributed by atoms with van der Waals surface area (Å²) < 4.78 is 5.43. The first-order valence-electron chi connectivity index (χ1n) is 8.18. The van der Waals surface area contributed by atoms with Crippen LogP contribution in [0.5, 0.6) is 5.75 Å². The number of aromatic nitrogens is 1. The fourth-order valence-corrected chi connectivity index (χ4v) is 3.31. The maximum atomic E-state index is 12.1. The SMILES string of the molecule is C=CCOc1ccc(/C=C/C(=O)NC2=NC(c3ccncc3)CS2)cc1. The number of benzene rings is 1. The summed E-state index contributed by atoms with van der Waals surface area (Å²) in [6, 6.07) is 11.5. The molecule has 132 valence electrons. The van der Waals surface area contributed by atoms with Crippen LogP contribution in [0.25, 0.3) is 6.08 Å². The highest BCUT2D eigenvalue weighted by atomic mass is 32.2. The molecule has 0 radical (unpaired) electrons. The molecule has 1 atom stereocenters. The Morgan fingerprint density at radius 1 is 1.27 bits per heavy atom. The standard InChI is InChI=1S/C20H19N3O2S/c1-2-13-25-17-6-3-15(4-7-17)5-8-19(24)23-20-22-18(14-26-20)16-9-11-21-12-10-16/h2-12,18H,1,13-14H2,(H,22,23,24)/b8-5+. The Balaban J connectivity index is 1.54. The number of aliphatic imine (C=N–C) groups is 1. The largest absolute Gasteiger partial charge is 0.490 e. The van der Waals surface area contributed by atoms with Crippen molar-refractivity contribution < 1.29 is 9.53 Å². The summed E-state index contributed by atoms with van der Waals surface area (Å²) in [5.74, 6) is 1.39. The Bertz CT molecular complexity index is 817. The first-order chi connectivity index (χ1) is 12.7. The summed E-state index contributed by atoms with van der Waals surface area (Å²) in [6.07, 6.45) is 8.46. The van der Waals surface area contributed by atoms with E-state index in [1.54, 1.807) is 36.3 Å². The Morgan fingerprint density at radius 3 is 2.77 bits per heavy atom. The van der Waals surface area contributed by atoms with Crippen molar-refractivity contribution >= 4 is 28.9 Å². The molecule has 1 aromatic heterocycles. The van der Waals surface area contributed by atoms with Crippen LogP contribution >= 0.6 is 11.8 Å². The van der Waals surface area contributed by atoms with E-state index in [0.29, 0.717) is 11.8 Å². The van der Waals surface area contributed by atoms with E-state index in [9.17, 15) is 4.79 Å². The number of nitrogens with zero attached hydrogens (tertiary/aromatic N) is 2. The molecular weight excluding hydrogens is 346 g/mol. The lowest BCUT2D eigenvalue weighted by Crippen LogP contribution is -2.25. The lowest BCUT2D eigenvalue weighted by atomic mass is 10.1. The monoisotopic (exact) mass is 365 g/mol. The highest BCUT2D eigenvalue weighted by Gasteiger charge is 2.20. The molecule has 0 aliphatic carbocycles. The highest BCUT2D eigenvalue weighted by Crippen LogP contribution is 2.29. The molecule has 1 aromatic carbocycles. The number of ether oxygens (including phenoxy) is 1. The van der Waals surface area contributed by atoms with E-state index >= 15 is 0 Å². The van der Waals surface area contributed by atoms with Gasteiger partial charge in [-0.3, -0.25) is 14.8 Å². The second-order valence-corrected chi connectivity index (χ2v) is 6.54. The summed E-state index contributed by atoms with van der Waals surface area (Å²) in [5, 5.41) is 3.47. The summed E-state index contributed by atoms with van der Waals surface area (Å²) in [4.78, 5) is 20.7. The molecular formula is C20H19N3O2S. The van der Waals surface area contributed by atoms with Crippen LogP contribution in [-0.4, -0.2) is 28.4 Å². The summed E-state index contributed by atoms with van der Waals surface area (Å²) in [7, 11) is 0. The molecule has 0 bridgehead atoms. The molecule has 0 spiro atoms. The van der Waals surface area contributed by atoms with Gasteiger partial charge in [-0.1, -0.05) is 36.5 Å². The molecule has 26 heavy (non-hydrogen) atoms. The van der Waals surface area contributed by atoms with Gasteiger partial charge in [-0.05, 0) is 41.5 Å². The molecule has 3 rings (SSSR count). The van der Waals surface area contributed by atoms with Crippen LogP contribution in [0, 0.1) is 0 Å². The van der Waals surface area contributed by atoms with Crippen LogP contribution in [0.2, 0.25) is 0 Å². The third-order valence-electron chi connectivity index (χ3n) is 3.65. The molecule has 1 amide bonds. The predicted octanol–water partition coefficient (Wildman–Crippen LogP) is 3.62. The quantitative estimate of drug-likeness (QED) is 0.627. The third-order valence-corrected chi connectivity index (χ3v) is 4.61. The molecule has 1 aliphatic rings. The van der Waals surface area contributed by atoms with E-state index in [2.05, 4.69) is 21.9 Å². The van der Waals surface area contributed by atoms with Gasteiger partial charge in [-0.25, -0.2) is 0 Å². The zero-order valence-corrected chi connectivity index (χ0v) is 15.0. The lowest BCUT2D eigenvalue weighted by molar-refractivity contribution is -0.115. The molecule has 0 fully saturated rings. The smallest absolute Gasteiger partial charge is 0.249 e. The van der Waals surface area contributed by atoms with E-state index in [1.807, 2.05) is 36.4 Å². The molecule has 2 aromatic rings. The Morgan fingerprint density at radius 2 is 2.04 bits per heavy atom. The lowest BCUT2D eigenvalue weighted by Gasteiger charge is -2.03. The summed E-state index contributed by atoms with van der Waals surface area (Å²) >= 11 is 1.54. The first-order valence-corrected chi connectivity index (χ1v) is 9.16. The number of thioether (sulfide) groups is 1. The number of amides is 1. The van der Waals surface area contributed by atoms with Crippen molar-refractivity contribution in [2.24, 2.45) is 4.99 Å². The van der Waals surface area contributed by atoms with Gasteiger partial charge in [0, 0.05) is 24.2 Å². The number of amidine groups is 1. The molecule has 6 heteroatoms. The summed E-state index contributed by atoms with van der Waals surface area (Å²) in [6.45, 7) is 4.08. The van der Waals surface area contributed by atoms with E-state index in [0.717, 1.165) is 22.6 Å². The van der Waals surface area contributed by atoms with Crippen molar-refractivity contribution in [2.75, 3.05) is 12.4 Å². The van der Waals surface area contributed by atoms with Crippen LogP contribution in [0.15, 0.2) is 72.5 Å².